The molecule has 2 N–H and O–H groups in total. The molecule has 0 radical (unpaired) electrons. The molecule has 1 rings (SSSR count). The van der Waals surface area contributed by atoms with Gasteiger partial charge in [-0.2, -0.15) is 0 Å². The predicted octanol–water partition coefficient (Wildman–Crippen LogP) is 2.12. The highest BCUT2D eigenvalue weighted by molar-refractivity contribution is 5.70. The molecule has 0 amide bonds. The van der Waals surface area contributed by atoms with Gasteiger partial charge in [0, 0.05) is 12.1 Å². The number of nitrogens with zero attached hydrogens (tertiary/aromatic N) is 2. The quantitative estimate of drug-likeness (QED) is 0.877. The van der Waals surface area contributed by atoms with Crippen LogP contribution in [0.1, 0.15) is 45.7 Å². The van der Waals surface area contributed by atoms with Crippen LogP contribution in [0, 0.1) is 0 Å². The highest BCUT2D eigenvalue weighted by atomic mass is 16.6. The van der Waals surface area contributed by atoms with Gasteiger partial charge in [-0.15, -0.1) is 0 Å². The topological polar surface area (TPSA) is 70.1 Å². The summed E-state index contributed by atoms with van der Waals surface area (Å²) in [6, 6.07) is 0. The van der Waals surface area contributed by atoms with Gasteiger partial charge in [0.25, 0.3) is 0 Å². The van der Waals surface area contributed by atoms with Crippen molar-refractivity contribution in [3.63, 3.8) is 0 Å². The van der Waals surface area contributed by atoms with Gasteiger partial charge in [0.2, 0.25) is 0 Å². The van der Waals surface area contributed by atoms with Crippen molar-refractivity contribution < 1.29 is 9.53 Å². The van der Waals surface area contributed by atoms with Crippen LogP contribution in [-0.4, -0.2) is 27.8 Å². The Morgan fingerprint density at radius 3 is 2.76 bits per heavy atom. The fourth-order valence-corrected chi connectivity index (χ4v) is 1.40. The van der Waals surface area contributed by atoms with Gasteiger partial charge in [-0.05, 0) is 33.7 Å². The summed E-state index contributed by atoms with van der Waals surface area (Å²) < 4.78 is 6.60. The molecule has 1 heterocycles. The van der Waals surface area contributed by atoms with Crippen molar-refractivity contribution in [3.8, 4) is 0 Å². The van der Waals surface area contributed by atoms with Gasteiger partial charge < -0.3 is 10.5 Å². The number of rotatable bonds is 3. The summed E-state index contributed by atoms with van der Waals surface area (Å²) in [7, 11) is 0. The fraction of sp³-hybridized carbons (Fsp3) is 0.667. The molecule has 0 aliphatic rings. The van der Waals surface area contributed by atoms with Crippen LogP contribution in [0.5, 0.6) is 0 Å². The first-order valence-corrected chi connectivity index (χ1v) is 5.81. The van der Waals surface area contributed by atoms with E-state index in [0.717, 1.165) is 12.1 Å². The second kappa shape index (κ2) is 5.31. The normalized spacial score (nSPS) is 13.5. The third-order valence-electron chi connectivity index (χ3n) is 2.31. The maximum Gasteiger partial charge on any atom is 0.419 e. The van der Waals surface area contributed by atoms with E-state index in [9.17, 15) is 4.79 Å². The second-order valence-corrected chi connectivity index (χ2v) is 5.16. The third-order valence-corrected chi connectivity index (χ3v) is 2.31. The van der Waals surface area contributed by atoms with Gasteiger partial charge in [0.1, 0.15) is 11.9 Å². The lowest BCUT2D eigenvalue weighted by Gasteiger charge is -2.19. The summed E-state index contributed by atoms with van der Waals surface area (Å²) in [5.41, 5.74) is 5.86. The van der Waals surface area contributed by atoms with Crippen molar-refractivity contribution in [2.45, 2.75) is 45.6 Å². The Labute approximate surface area is 102 Å². The zero-order chi connectivity index (χ0) is 13.1. The Hall–Kier alpha value is -1.36. The van der Waals surface area contributed by atoms with Gasteiger partial charge >= 0.3 is 6.09 Å². The van der Waals surface area contributed by atoms with E-state index in [2.05, 4.69) is 4.98 Å². The molecule has 0 aromatic carbocycles. The smallest absolute Gasteiger partial charge is 0.419 e. The lowest BCUT2D eigenvalue weighted by Crippen LogP contribution is -2.26. The van der Waals surface area contributed by atoms with Crippen LogP contribution in [0.3, 0.4) is 0 Å². The summed E-state index contributed by atoms with van der Waals surface area (Å²) in [6.07, 6.45) is 3.63. The van der Waals surface area contributed by atoms with Gasteiger partial charge in [-0.25, -0.2) is 14.3 Å². The van der Waals surface area contributed by atoms with E-state index in [4.69, 9.17) is 10.5 Å². The van der Waals surface area contributed by atoms with Crippen molar-refractivity contribution in [2.75, 3.05) is 6.54 Å². The maximum atomic E-state index is 11.7. The van der Waals surface area contributed by atoms with Gasteiger partial charge in [0.05, 0.1) is 5.69 Å². The number of ether oxygens (including phenoxy) is 1. The molecule has 0 saturated heterocycles. The SMILES string of the molecule is CC(CCN)c1cn(C(=O)OC(C)(C)C)cn1. The van der Waals surface area contributed by atoms with Crippen molar-refractivity contribution in [2.24, 2.45) is 5.73 Å². The summed E-state index contributed by atoms with van der Waals surface area (Å²) in [5.74, 6) is 0.253. The Kier molecular flexibility index (Phi) is 4.28. The number of hydrogen-bond donors (Lipinski definition) is 1. The molecule has 5 heteroatoms. The van der Waals surface area contributed by atoms with Crippen LogP contribution in [-0.2, 0) is 4.74 Å². The minimum Gasteiger partial charge on any atom is -0.443 e. The average Bonchev–Trinajstić information content (AvgIpc) is 2.63. The molecule has 0 aliphatic carbocycles. The molecule has 0 fully saturated rings. The Morgan fingerprint density at radius 1 is 1.59 bits per heavy atom. The number of aromatic nitrogens is 2. The average molecular weight is 239 g/mol. The van der Waals surface area contributed by atoms with Gasteiger partial charge in [-0.3, -0.25) is 0 Å². The Morgan fingerprint density at radius 2 is 2.24 bits per heavy atom. The first kappa shape index (κ1) is 13.7. The number of imidazole rings is 1. The molecule has 96 valence electrons. The zero-order valence-corrected chi connectivity index (χ0v) is 10.9. The third kappa shape index (κ3) is 4.19. The fourth-order valence-electron chi connectivity index (χ4n) is 1.40. The van der Waals surface area contributed by atoms with Crippen molar-refractivity contribution in [1.82, 2.24) is 9.55 Å². The second-order valence-electron chi connectivity index (χ2n) is 5.16. The number of carbonyl (C=O) groups is 1. The van der Waals surface area contributed by atoms with E-state index in [1.807, 2.05) is 27.7 Å². The van der Waals surface area contributed by atoms with E-state index in [1.165, 1.54) is 10.9 Å². The lowest BCUT2D eigenvalue weighted by atomic mass is 10.1. The van der Waals surface area contributed by atoms with Crippen LogP contribution in [0.4, 0.5) is 4.79 Å². The maximum absolute atomic E-state index is 11.7. The molecule has 0 saturated carbocycles. The minimum atomic E-state index is -0.496. The monoisotopic (exact) mass is 239 g/mol. The van der Waals surface area contributed by atoms with Crippen LogP contribution in [0.25, 0.3) is 0 Å². The molecule has 1 unspecified atom stereocenters. The number of hydrogen-bond acceptors (Lipinski definition) is 4. The standard InChI is InChI=1S/C12H21N3O2/c1-9(5-6-13)10-7-15(8-14-10)11(16)17-12(2,3)4/h7-9H,5-6,13H2,1-4H3. The van der Waals surface area contributed by atoms with E-state index < -0.39 is 11.7 Å². The summed E-state index contributed by atoms with van der Waals surface area (Å²) in [5, 5.41) is 0. The van der Waals surface area contributed by atoms with Gasteiger partial charge in [-0.1, -0.05) is 6.92 Å². The molecular weight excluding hydrogens is 218 g/mol. The lowest BCUT2D eigenvalue weighted by molar-refractivity contribution is 0.0536. The van der Waals surface area contributed by atoms with Crippen LogP contribution >= 0.6 is 0 Å². The van der Waals surface area contributed by atoms with Crippen molar-refractivity contribution in [3.05, 3.63) is 18.2 Å². The molecular formula is C12H21N3O2. The molecule has 1 aromatic heterocycles. The van der Waals surface area contributed by atoms with E-state index in [0.29, 0.717) is 6.54 Å². The molecule has 0 bridgehead atoms. The van der Waals surface area contributed by atoms with Crippen molar-refractivity contribution in [1.29, 1.82) is 0 Å². The molecule has 0 spiro atoms. The molecule has 1 atom stereocenters. The van der Waals surface area contributed by atoms with E-state index >= 15 is 0 Å². The largest absolute Gasteiger partial charge is 0.443 e. The molecule has 0 aliphatic heterocycles. The van der Waals surface area contributed by atoms with Crippen LogP contribution < -0.4 is 5.73 Å². The van der Waals surface area contributed by atoms with E-state index in [-0.39, 0.29) is 5.92 Å². The minimum absolute atomic E-state index is 0.253. The highest BCUT2D eigenvalue weighted by Gasteiger charge is 2.18. The van der Waals surface area contributed by atoms with Crippen molar-refractivity contribution >= 4 is 6.09 Å². The molecule has 1 aromatic rings. The summed E-state index contributed by atoms with van der Waals surface area (Å²) in [4.78, 5) is 15.9. The molecule has 17 heavy (non-hydrogen) atoms. The number of carbonyl (C=O) groups excluding carboxylic acids is 1. The highest BCUT2D eigenvalue weighted by Crippen LogP contribution is 2.16. The van der Waals surface area contributed by atoms with Crippen LogP contribution in [0.15, 0.2) is 12.5 Å². The summed E-state index contributed by atoms with van der Waals surface area (Å²) >= 11 is 0. The first-order chi connectivity index (χ1) is 7.83. The predicted molar refractivity (Wildman–Crippen MR) is 65.9 cm³/mol. The molecule has 5 nitrogen and oxygen atoms in total. The first-order valence-electron chi connectivity index (χ1n) is 5.81. The number of nitrogens with two attached hydrogens (primary N) is 1. The van der Waals surface area contributed by atoms with Crippen LogP contribution in [0.2, 0.25) is 0 Å². The van der Waals surface area contributed by atoms with E-state index in [1.54, 1.807) is 6.20 Å². The Balaban J connectivity index is 2.71. The zero-order valence-electron chi connectivity index (χ0n) is 10.9. The Bertz CT molecular complexity index is 379. The van der Waals surface area contributed by atoms with Gasteiger partial charge in [0.15, 0.2) is 0 Å². The summed E-state index contributed by atoms with van der Waals surface area (Å²) in [6.45, 7) is 8.15.